The summed E-state index contributed by atoms with van der Waals surface area (Å²) in [6, 6.07) is 5.57. The highest BCUT2D eigenvalue weighted by Gasteiger charge is 2.13. The molecule has 1 atom stereocenters. The Bertz CT molecular complexity index is 644. The lowest BCUT2D eigenvalue weighted by Gasteiger charge is -2.12. The molecule has 1 rings (SSSR count). The molecule has 0 unspecified atom stereocenters. The third kappa shape index (κ3) is 7.65. The monoisotopic (exact) mass is 365 g/mol. The summed E-state index contributed by atoms with van der Waals surface area (Å²) in [7, 11) is 1.51. The maximum Gasteiger partial charge on any atom is 0.325 e. The molecule has 0 saturated carbocycles. The molecular weight excluding hydrogens is 342 g/mol. The average molecular weight is 365 g/mol. The van der Waals surface area contributed by atoms with Gasteiger partial charge in [0.2, 0.25) is 0 Å². The molecule has 9 nitrogen and oxygen atoms in total. The van der Waals surface area contributed by atoms with Crippen LogP contribution in [0.4, 0.5) is 4.79 Å². The average Bonchev–Trinajstić information content (AvgIpc) is 2.64. The molecule has 0 spiro atoms. The van der Waals surface area contributed by atoms with Crippen LogP contribution in [0.1, 0.15) is 30.6 Å². The third-order valence-electron chi connectivity index (χ3n) is 3.35. The van der Waals surface area contributed by atoms with E-state index in [-0.39, 0.29) is 6.04 Å². The quantitative estimate of drug-likeness (QED) is 0.580. The predicted molar refractivity (Wildman–Crippen MR) is 92.7 cm³/mol. The van der Waals surface area contributed by atoms with Gasteiger partial charge in [-0.05, 0) is 37.6 Å². The van der Waals surface area contributed by atoms with Crippen LogP contribution in [-0.4, -0.2) is 50.1 Å². The number of urea groups is 1. The van der Waals surface area contributed by atoms with E-state index in [1.54, 1.807) is 31.2 Å². The second kappa shape index (κ2) is 10.7. The van der Waals surface area contributed by atoms with E-state index in [2.05, 4.69) is 10.6 Å². The van der Waals surface area contributed by atoms with Gasteiger partial charge in [-0.3, -0.25) is 19.7 Å². The highest BCUT2D eigenvalue weighted by molar-refractivity contribution is 5.97. The van der Waals surface area contributed by atoms with Gasteiger partial charge in [-0.2, -0.15) is 0 Å². The minimum Gasteiger partial charge on any atom is -0.497 e. The van der Waals surface area contributed by atoms with Crippen molar-refractivity contribution in [2.75, 3.05) is 20.3 Å². The first-order valence-corrected chi connectivity index (χ1v) is 8.04. The number of amides is 4. The van der Waals surface area contributed by atoms with Crippen LogP contribution in [0.3, 0.4) is 0 Å². The Morgan fingerprint density at radius 3 is 2.35 bits per heavy atom. The van der Waals surface area contributed by atoms with Crippen molar-refractivity contribution in [3.8, 4) is 5.75 Å². The van der Waals surface area contributed by atoms with Crippen LogP contribution >= 0.6 is 0 Å². The number of ether oxygens (including phenoxy) is 2. The Hall–Kier alpha value is -3.10. The van der Waals surface area contributed by atoms with Crippen LogP contribution in [0.5, 0.6) is 5.75 Å². The van der Waals surface area contributed by atoms with Crippen molar-refractivity contribution >= 4 is 23.8 Å². The van der Waals surface area contributed by atoms with E-state index in [1.165, 1.54) is 7.11 Å². The van der Waals surface area contributed by atoms with Gasteiger partial charge in [0.15, 0.2) is 6.61 Å². The lowest BCUT2D eigenvalue weighted by atomic mass is 10.2. The number of imide groups is 1. The number of esters is 1. The summed E-state index contributed by atoms with van der Waals surface area (Å²) in [5.74, 6) is -1.43. The highest BCUT2D eigenvalue weighted by atomic mass is 16.5. The maximum atomic E-state index is 11.9. The number of nitrogens with one attached hydrogen (secondary N) is 3. The number of hydrogen-bond acceptors (Lipinski definition) is 6. The fourth-order valence-electron chi connectivity index (χ4n) is 1.72. The van der Waals surface area contributed by atoms with Gasteiger partial charge in [-0.1, -0.05) is 6.92 Å². The molecule has 26 heavy (non-hydrogen) atoms. The van der Waals surface area contributed by atoms with E-state index in [0.717, 1.165) is 0 Å². The second-order valence-electron chi connectivity index (χ2n) is 5.40. The third-order valence-corrected chi connectivity index (χ3v) is 3.35. The molecule has 0 aliphatic heterocycles. The van der Waals surface area contributed by atoms with Crippen molar-refractivity contribution in [1.29, 1.82) is 0 Å². The van der Waals surface area contributed by atoms with Crippen LogP contribution in [0, 0.1) is 0 Å². The first-order chi connectivity index (χ1) is 12.3. The van der Waals surface area contributed by atoms with E-state index in [1.807, 2.05) is 12.2 Å². The lowest BCUT2D eigenvalue weighted by Crippen LogP contribution is -2.45. The molecule has 0 aliphatic carbocycles. The number of methoxy groups -OCH3 is 1. The van der Waals surface area contributed by atoms with Crippen LogP contribution < -0.4 is 20.7 Å². The highest BCUT2D eigenvalue weighted by Crippen LogP contribution is 2.10. The second-order valence-corrected chi connectivity index (χ2v) is 5.40. The summed E-state index contributed by atoms with van der Waals surface area (Å²) in [6.07, 6.45) is 0.713. The van der Waals surface area contributed by atoms with Crippen molar-refractivity contribution in [1.82, 2.24) is 16.0 Å². The number of hydrogen-bond donors (Lipinski definition) is 3. The van der Waals surface area contributed by atoms with Gasteiger partial charge >= 0.3 is 12.0 Å². The molecule has 3 N–H and O–H groups in total. The SMILES string of the molecule is CC[C@@H](C)NC(=O)NC(=O)COC(=O)CNC(=O)c1ccc(OC)cc1. The lowest BCUT2D eigenvalue weighted by molar-refractivity contribution is -0.147. The minimum absolute atomic E-state index is 0.0847. The molecular formula is C17H23N3O6. The first-order valence-electron chi connectivity index (χ1n) is 8.04. The van der Waals surface area contributed by atoms with Crippen molar-refractivity contribution in [3.05, 3.63) is 29.8 Å². The topological polar surface area (TPSA) is 123 Å². The molecule has 0 aliphatic rings. The van der Waals surface area contributed by atoms with Gasteiger partial charge in [0, 0.05) is 11.6 Å². The Labute approximate surface area is 151 Å². The van der Waals surface area contributed by atoms with Crippen LogP contribution in [0.25, 0.3) is 0 Å². The Balaban J connectivity index is 2.30. The molecule has 9 heteroatoms. The zero-order valence-corrected chi connectivity index (χ0v) is 15.0. The van der Waals surface area contributed by atoms with Crippen molar-refractivity contribution in [2.45, 2.75) is 26.3 Å². The van der Waals surface area contributed by atoms with Crippen molar-refractivity contribution < 1.29 is 28.7 Å². The molecule has 0 saturated heterocycles. The Morgan fingerprint density at radius 2 is 1.77 bits per heavy atom. The van der Waals surface area contributed by atoms with Gasteiger partial charge in [0.25, 0.3) is 11.8 Å². The van der Waals surface area contributed by atoms with Crippen molar-refractivity contribution in [3.63, 3.8) is 0 Å². The minimum atomic E-state index is -0.802. The molecule has 1 aromatic carbocycles. The van der Waals surface area contributed by atoms with Crippen LogP contribution in [0.15, 0.2) is 24.3 Å². The molecule has 0 aromatic heterocycles. The predicted octanol–water partition coefficient (Wildman–Crippen LogP) is 0.593. The number of carbonyl (C=O) groups is 4. The number of carbonyl (C=O) groups excluding carboxylic acids is 4. The van der Waals surface area contributed by atoms with E-state index in [4.69, 9.17) is 9.47 Å². The van der Waals surface area contributed by atoms with E-state index in [9.17, 15) is 19.2 Å². The van der Waals surface area contributed by atoms with Crippen LogP contribution in [-0.2, 0) is 14.3 Å². The number of rotatable bonds is 8. The van der Waals surface area contributed by atoms with Gasteiger partial charge in [-0.15, -0.1) is 0 Å². The zero-order valence-electron chi connectivity index (χ0n) is 15.0. The summed E-state index contributed by atoms with van der Waals surface area (Å²) in [4.78, 5) is 46.4. The maximum absolute atomic E-state index is 11.9. The summed E-state index contributed by atoms with van der Waals surface area (Å²) >= 11 is 0. The van der Waals surface area contributed by atoms with Crippen molar-refractivity contribution in [2.24, 2.45) is 0 Å². The summed E-state index contributed by atoms with van der Waals surface area (Å²) < 4.78 is 9.68. The molecule has 1 aromatic rings. The standard InChI is InChI=1S/C17H23N3O6/c1-4-11(2)19-17(24)20-14(21)10-26-15(22)9-18-16(23)12-5-7-13(25-3)8-6-12/h5-8,11H,4,9-10H2,1-3H3,(H,18,23)(H2,19,20,21,24)/t11-/m1/s1. The molecule has 0 heterocycles. The fourth-order valence-corrected chi connectivity index (χ4v) is 1.72. The normalized spacial score (nSPS) is 11.0. The molecule has 4 amide bonds. The van der Waals surface area contributed by atoms with Gasteiger partial charge in [0.1, 0.15) is 12.3 Å². The van der Waals surface area contributed by atoms with E-state index < -0.39 is 37.0 Å². The first kappa shape index (κ1) is 20.9. The number of benzene rings is 1. The largest absolute Gasteiger partial charge is 0.497 e. The van der Waals surface area contributed by atoms with Gasteiger partial charge in [-0.25, -0.2) is 4.79 Å². The molecule has 142 valence electrons. The smallest absolute Gasteiger partial charge is 0.325 e. The van der Waals surface area contributed by atoms with Gasteiger partial charge in [0.05, 0.1) is 7.11 Å². The molecule has 0 bridgehead atoms. The Morgan fingerprint density at radius 1 is 1.12 bits per heavy atom. The van der Waals surface area contributed by atoms with Gasteiger partial charge < -0.3 is 20.1 Å². The summed E-state index contributed by atoms with van der Waals surface area (Å²) in [5, 5.41) is 6.94. The summed E-state index contributed by atoms with van der Waals surface area (Å²) in [6.45, 7) is 2.65. The summed E-state index contributed by atoms with van der Waals surface area (Å²) in [5.41, 5.74) is 0.345. The van der Waals surface area contributed by atoms with Crippen LogP contribution in [0.2, 0.25) is 0 Å². The zero-order chi connectivity index (χ0) is 19.5. The molecule has 0 fully saturated rings. The van der Waals surface area contributed by atoms with E-state index in [0.29, 0.717) is 17.7 Å². The van der Waals surface area contributed by atoms with E-state index >= 15 is 0 Å². The fraction of sp³-hybridized carbons (Fsp3) is 0.412. The Kier molecular flexibility index (Phi) is 8.62. The molecule has 0 radical (unpaired) electrons.